The van der Waals surface area contributed by atoms with E-state index in [9.17, 15) is 19.2 Å². The number of carbonyl (C=O) groups excluding carboxylic acids is 3. The number of nitrogens with two attached hydrogens (primary N) is 1. The summed E-state index contributed by atoms with van der Waals surface area (Å²) < 4.78 is 18.9. The first-order chi connectivity index (χ1) is 21.3. The summed E-state index contributed by atoms with van der Waals surface area (Å²) in [7, 11) is 2.99. The van der Waals surface area contributed by atoms with E-state index in [2.05, 4.69) is 30.2 Å². The molecule has 0 atom stereocenters. The molecule has 1 aromatic heterocycles. The van der Waals surface area contributed by atoms with E-state index in [-0.39, 0.29) is 62.0 Å². The maximum absolute atomic E-state index is 11.1. The van der Waals surface area contributed by atoms with Gasteiger partial charge in [-0.2, -0.15) is 5.26 Å². The summed E-state index contributed by atoms with van der Waals surface area (Å²) >= 11 is 16.2. The topological polar surface area (TPSA) is 201 Å². The molecule has 0 aliphatic heterocycles. The quantitative estimate of drug-likeness (QED) is 0.113. The predicted molar refractivity (Wildman–Crippen MR) is 167 cm³/mol. The Kier molecular flexibility index (Phi) is 21.7. The van der Waals surface area contributed by atoms with Gasteiger partial charge in [0.2, 0.25) is 11.0 Å². The number of aliphatic carboxylic acids is 1. The van der Waals surface area contributed by atoms with E-state index in [1.165, 1.54) is 7.11 Å². The van der Waals surface area contributed by atoms with Crippen molar-refractivity contribution in [3.05, 3.63) is 45.7 Å². The number of methoxy groups -OCH3 is 2. The minimum atomic E-state index is -0.937. The Bertz CT molecular complexity index is 1300. The van der Waals surface area contributed by atoms with Gasteiger partial charge in [-0.1, -0.05) is 46.9 Å². The van der Waals surface area contributed by atoms with Crippen LogP contribution in [0.4, 0.5) is 5.95 Å². The number of ketones is 1. The van der Waals surface area contributed by atoms with Gasteiger partial charge in [0.15, 0.2) is 0 Å². The number of rotatable bonds is 15. The van der Waals surface area contributed by atoms with E-state index >= 15 is 0 Å². The van der Waals surface area contributed by atoms with E-state index in [1.807, 2.05) is 12.1 Å². The molecule has 0 fully saturated rings. The fourth-order valence-electron chi connectivity index (χ4n) is 3.42. The van der Waals surface area contributed by atoms with Crippen LogP contribution in [0, 0.1) is 11.3 Å². The number of anilines is 1. The summed E-state index contributed by atoms with van der Waals surface area (Å²) in [6, 6.07) is 7.56. The molecular weight excluding hydrogens is 655 g/mol. The summed E-state index contributed by atoms with van der Waals surface area (Å²) in [6.45, 7) is 3.91. The molecule has 248 valence electrons. The zero-order chi connectivity index (χ0) is 34.4. The van der Waals surface area contributed by atoms with Crippen LogP contribution in [0.1, 0.15) is 61.9 Å². The number of alkyl halides is 2. The highest BCUT2D eigenvalue weighted by molar-refractivity contribution is 6.43. The number of nitriles is 1. The number of aryl methyl sites for hydroxylation is 1. The molecule has 0 spiro atoms. The molecule has 0 amide bonds. The molecule has 1 aromatic carbocycles. The lowest BCUT2D eigenvalue weighted by Crippen LogP contribution is -2.13. The molecule has 0 unspecified atom stereocenters. The number of carbonyl (C=O) groups is 4. The number of hydrogen-bond acceptors (Lipinski definition) is 12. The average Bonchev–Trinajstić information content (AvgIpc) is 2.97. The molecule has 0 bridgehead atoms. The largest absolute Gasteiger partial charge is 0.496 e. The second kappa shape index (κ2) is 23.7. The second-order valence-electron chi connectivity index (χ2n) is 8.67. The third kappa shape index (κ3) is 18.7. The highest BCUT2D eigenvalue weighted by atomic mass is 35.5. The Morgan fingerprint density at radius 3 is 2.18 bits per heavy atom. The van der Waals surface area contributed by atoms with Crippen LogP contribution in [-0.4, -0.2) is 71.2 Å². The van der Waals surface area contributed by atoms with Gasteiger partial charge in [-0.25, -0.2) is 9.97 Å². The Labute approximate surface area is 276 Å². The highest BCUT2D eigenvalue weighted by Crippen LogP contribution is 2.28. The lowest BCUT2D eigenvalue weighted by Gasteiger charge is -2.14. The number of nitrogens with zero attached hydrogens (tertiary/aromatic N) is 3. The average molecular weight is 692 g/mol. The van der Waals surface area contributed by atoms with Crippen LogP contribution in [0.3, 0.4) is 0 Å². The Morgan fingerprint density at radius 2 is 1.64 bits per heavy atom. The van der Waals surface area contributed by atoms with Gasteiger partial charge in [0.05, 0.1) is 51.3 Å². The van der Waals surface area contributed by atoms with Crippen LogP contribution in [0.25, 0.3) is 0 Å². The Morgan fingerprint density at radius 1 is 1.02 bits per heavy atom. The van der Waals surface area contributed by atoms with E-state index in [4.69, 9.17) is 55.6 Å². The maximum atomic E-state index is 11.1. The number of hydrogen-bond donors (Lipinski definition) is 2. The molecule has 0 saturated heterocycles. The van der Waals surface area contributed by atoms with Gasteiger partial charge in [0.25, 0.3) is 0 Å². The summed E-state index contributed by atoms with van der Waals surface area (Å²) in [6.07, 6.45) is 0.491. The number of benzene rings is 1. The first-order valence-electron chi connectivity index (χ1n) is 13.5. The molecule has 1 heterocycles. The van der Waals surface area contributed by atoms with Crippen molar-refractivity contribution in [2.75, 3.05) is 33.2 Å². The monoisotopic (exact) mass is 690 g/mol. The minimum absolute atomic E-state index is 0.000616. The third-order valence-electron chi connectivity index (χ3n) is 5.37. The molecule has 16 heteroatoms. The van der Waals surface area contributed by atoms with Crippen molar-refractivity contribution in [1.29, 1.82) is 5.26 Å². The molecule has 0 radical (unpaired) electrons. The zero-order valence-electron chi connectivity index (χ0n) is 25.4. The standard InChI is InChI=1S/C17H17ClN4O3.C10H16O5.C2H4Cl2O/c1-25-14-4-2-10(6-7-19)8-11(14)9-12-13(3-5-15(23)24)21-17(20)22-16(12)18;1-3-14-9(12)6-5-8(11)7-10(13)15-4-2;1-5-2(3)4/h2,4,8H,3,5-6,9H2,1H3,(H,23,24)(H2,20,21,22);3-7H2,1-2H3;2H,1H3. The minimum Gasteiger partial charge on any atom is -0.496 e. The van der Waals surface area contributed by atoms with Gasteiger partial charge in [-0.3, -0.25) is 19.2 Å². The number of carboxylic acids is 1. The first kappa shape index (κ1) is 41.3. The van der Waals surface area contributed by atoms with Gasteiger partial charge in [0.1, 0.15) is 23.1 Å². The van der Waals surface area contributed by atoms with Crippen LogP contribution in [0.5, 0.6) is 5.75 Å². The molecular formula is C29H37Cl3N4O9. The van der Waals surface area contributed by atoms with Gasteiger partial charge in [-0.05, 0) is 31.0 Å². The zero-order valence-corrected chi connectivity index (χ0v) is 27.7. The van der Waals surface area contributed by atoms with Gasteiger partial charge in [0, 0.05) is 31.9 Å². The Balaban J connectivity index is 0.000000821. The lowest BCUT2D eigenvalue weighted by atomic mass is 9.99. The Hall–Kier alpha value is -3.70. The molecule has 45 heavy (non-hydrogen) atoms. The van der Waals surface area contributed by atoms with E-state index < -0.39 is 22.9 Å². The number of Topliss-reactive ketones (excluding diaryl/α,β-unsaturated/α-hetero) is 1. The van der Waals surface area contributed by atoms with Crippen molar-refractivity contribution in [2.24, 2.45) is 0 Å². The number of halogens is 3. The molecule has 0 aliphatic carbocycles. The maximum Gasteiger partial charge on any atom is 0.313 e. The van der Waals surface area contributed by atoms with Crippen LogP contribution >= 0.6 is 34.8 Å². The van der Waals surface area contributed by atoms with E-state index in [0.29, 0.717) is 30.0 Å². The summed E-state index contributed by atoms with van der Waals surface area (Å²) in [5.41, 5.74) is 8.38. The number of ether oxygens (including phenoxy) is 4. The van der Waals surface area contributed by atoms with Crippen LogP contribution in [-0.2, 0) is 52.7 Å². The molecule has 0 aliphatic rings. The summed E-state index contributed by atoms with van der Waals surface area (Å²) in [4.78, 5) is 51.8. The predicted octanol–water partition coefficient (Wildman–Crippen LogP) is 4.64. The van der Waals surface area contributed by atoms with Crippen LogP contribution in [0.15, 0.2) is 18.2 Å². The number of esters is 2. The lowest BCUT2D eigenvalue weighted by molar-refractivity contribution is -0.148. The summed E-state index contributed by atoms with van der Waals surface area (Å²) in [5, 5.41) is 17.3. The first-order valence-corrected chi connectivity index (χ1v) is 14.8. The smallest absolute Gasteiger partial charge is 0.313 e. The van der Waals surface area contributed by atoms with Crippen LogP contribution in [0.2, 0.25) is 5.15 Å². The van der Waals surface area contributed by atoms with Crippen molar-refractivity contribution in [1.82, 2.24) is 9.97 Å². The van der Waals surface area contributed by atoms with Crippen LogP contribution < -0.4 is 10.5 Å². The number of carboxylic acid groups (broad SMARTS) is 1. The molecule has 2 aromatic rings. The van der Waals surface area contributed by atoms with Gasteiger partial charge in [-0.15, -0.1) is 0 Å². The molecule has 3 N–H and O–H groups in total. The fourth-order valence-corrected chi connectivity index (χ4v) is 3.69. The van der Waals surface area contributed by atoms with Gasteiger partial charge >= 0.3 is 17.9 Å². The van der Waals surface area contributed by atoms with Gasteiger partial charge < -0.3 is 29.8 Å². The normalized spacial score (nSPS) is 9.93. The number of nitrogen functional groups attached to an aromatic ring is 1. The molecule has 13 nitrogen and oxygen atoms in total. The van der Waals surface area contributed by atoms with E-state index in [0.717, 1.165) is 11.1 Å². The summed E-state index contributed by atoms with van der Waals surface area (Å²) in [5.74, 6) is -1.58. The van der Waals surface area contributed by atoms with E-state index in [1.54, 1.807) is 27.0 Å². The third-order valence-corrected chi connectivity index (χ3v) is 6.04. The molecule has 2 rings (SSSR count). The van der Waals surface area contributed by atoms with Crippen molar-refractivity contribution in [3.63, 3.8) is 0 Å². The second-order valence-corrected chi connectivity index (χ2v) is 10.0. The number of aromatic nitrogens is 2. The van der Waals surface area contributed by atoms with Crippen molar-refractivity contribution in [2.45, 2.75) is 63.8 Å². The van der Waals surface area contributed by atoms with Crippen molar-refractivity contribution in [3.8, 4) is 11.8 Å². The highest BCUT2D eigenvalue weighted by Gasteiger charge is 2.17. The van der Waals surface area contributed by atoms with Crippen molar-refractivity contribution >= 4 is 64.4 Å². The molecule has 0 saturated carbocycles. The van der Waals surface area contributed by atoms with Crippen molar-refractivity contribution < 1.29 is 43.2 Å². The SMILES string of the molecule is CCOC(=O)CCC(=O)CC(=O)OCC.COC(Cl)Cl.COc1ccc(CC#N)cc1Cc1c(Cl)nc(N)nc1CCC(=O)O. The fraction of sp³-hybridized carbons (Fsp3) is 0.483.